The molecule has 0 bridgehead atoms. The molecule has 0 amide bonds. The summed E-state index contributed by atoms with van der Waals surface area (Å²) in [5.41, 5.74) is 5.37. The fourth-order valence-corrected chi connectivity index (χ4v) is 2.87. The summed E-state index contributed by atoms with van der Waals surface area (Å²) in [5.74, 6) is 5.76. The van der Waals surface area contributed by atoms with Crippen LogP contribution >= 0.6 is 0 Å². The van der Waals surface area contributed by atoms with Gasteiger partial charge in [-0.25, -0.2) is 0 Å². The Hall–Kier alpha value is -0.900. The van der Waals surface area contributed by atoms with Gasteiger partial charge in [0.15, 0.2) is 0 Å². The summed E-state index contributed by atoms with van der Waals surface area (Å²) in [6.07, 6.45) is 4.45. The lowest BCUT2D eigenvalue weighted by Gasteiger charge is -2.33. The van der Waals surface area contributed by atoms with E-state index in [0.717, 1.165) is 32.3 Å². The van der Waals surface area contributed by atoms with Crippen molar-refractivity contribution in [1.82, 2.24) is 5.43 Å². The molecule has 3 N–H and O–H groups in total. The normalized spacial score (nSPS) is 25.3. The lowest BCUT2D eigenvalue weighted by atomic mass is 9.87. The van der Waals surface area contributed by atoms with Crippen molar-refractivity contribution in [3.63, 3.8) is 0 Å². The smallest absolute Gasteiger partial charge is 0.0862 e. The Morgan fingerprint density at radius 3 is 2.94 bits per heavy atom. The van der Waals surface area contributed by atoms with Gasteiger partial charge in [-0.15, -0.1) is 0 Å². The molecule has 1 saturated heterocycles. The van der Waals surface area contributed by atoms with Gasteiger partial charge in [0.1, 0.15) is 0 Å². The summed E-state index contributed by atoms with van der Waals surface area (Å²) in [6, 6.07) is 8.75. The monoisotopic (exact) mass is 248 g/mol. The minimum absolute atomic E-state index is 0.0665. The summed E-state index contributed by atoms with van der Waals surface area (Å²) in [4.78, 5) is 0. The van der Waals surface area contributed by atoms with Crippen molar-refractivity contribution in [3.05, 3.63) is 35.4 Å². The average molecular weight is 248 g/mol. The van der Waals surface area contributed by atoms with Crippen LogP contribution in [0.5, 0.6) is 0 Å². The number of ether oxygens (including phenoxy) is 1. The first kappa shape index (κ1) is 13.5. The van der Waals surface area contributed by atoms with E-state index >= 15 is 0 Å². The quantitative estimate of drug-likeness (QED) is 0.622. The third-order valence-corrected chi connectivity index (χ3v) is 3.85. The zero-order chi connectivity index (χ0) is 13.0. The molecule has 1 heterocycles. The van der Waals surface area contributed by atoms with Crippen LogP contribution in [-0.4, -0.2) is 12.2 Å². The van der Waals surface area contributed by atoms with Gasteiger partial charge in [-0.05, 0) is 37.3 Å². The topological polar surface area (TPSA) is 47.3 Å². The van der Waals surface area contributed by atoms with Crippen molar-refractivity contribution in [2.75, 3.05) is 6.61 Å². The lowest BCUT2D eigenvalue weighted by molar-refractivity contribution is -0.0125. The van der Waals surface area contributed by atoms with E-state index in [9.17, 15) is 0 Å². The van der Waals surface area contributed by atoms with Gasteiger partial charge in [-0.2, -0.15) is 0 Å². The summed E-state index contributed by atoms with van der Waals surface area (Å²) < 4.78 is 5.91. The molecule has 0 spiro atoms. The number of hydrazine groups is 1. The van der Waals surface area contributed by atoms with Crippen LogP contribution in [0.1, 0.15) is 50.3 Å². The second kappa shape index (κ2) is 5.83. The number of rotatable bonds is 5. The van der Waals surface area contributed by atoms with Crippen molar-refractivity contribution in [2.24, 2.45) is 5.84 Å². The van der Waals surface area contributed by atoms with Crippen LogP contribution in [0.15, 0.2) is 24.3 Å². The summed E-state index contributed by atoms with van der Waals surface area (Å²) in [5, 5.41) is 0. The molecule has 100 valence electrons. The minimum atomic E-state index is -0.181. The zero-order valence-electron chi connectivity index (χ0n) is 11.4. The van der Waals surface area contributed by atoms with E-state index in [1.807, 2.05) is 0 Å². The molecule has 1 aliphatic heterocycles. The molecule has 1 aliphatic rings. The maximum Gasteiger partial charge on any atom is 0.0862 e. The summed E-state index contributed by atoms with van der Waals surface area (Å²) in [7, 11) is 0. The lowest BCUT2D eigenvalue weighted by Crippen LogP contribution is -2.44. The standard InChI is InChI=1S/C15H24N2O/c1-3-6-12-7-4-8-13(11-12)14(17-16)15(2)9-5-10-18-15/h4,7-8,11,14,17H,3,5-6,9-10,16H2,1-2H3. The molecule has 0 aromatic heterocycles. The molecular formula is C15H24N2O. The Balaban J connectivity index is 2.24. The maximum absolute atomic E-state index is 5.91. The van der Waals surface area contributed by atoms with Crippen LogP contribution in [0.4, 0.5) is 0 Å². The van der Waals surface area contributed by atoms with Crippen LogP contribution in [-0.2, 0) is 11.2 Å². The molecule has 2 rings (SSSR count). The third-order valence-electron chi connectivity index (χ3n) is 3.85. The Morgan fingerprint density at radius 1 is 1.50 bits per heavy atom. The van der Waals surface area contributed by atoms with Gasteiger partial charge in [0.05, 0.1) is 11.6 Å². The van der Waals surface area contributed by atoms with E-state index in [1.165, 1.54) is 11.1 Å². The van der Waals surface area contributed by atoms with E-state index < -0.39 is 0 Å². The molecule has 1 aromatic carbocycles. The van der Waals surface area contributed by atoms with E-state index in [-0.39, 0.29) is 11.6 Å². The van der Waals surface area contributed by atoms with Gasteiger partial charge in [0.2, 0.25) is 0 Å². The fourth-order valence-electron chi connectivity index (χ4n) is 2.87. The van der Waals surface area contributed by atoms with Crippen molar-refractivity contribution < 1.29 is 4.74 Å². The number of hydrogen-bond donors (Lipinski definition) is 2. The average Bonchev–Trinajstić information content (AvgIpc) is 2.79. The number of hydrogen-bond acceptors (Lipinski definition) is 3. The number of aryl methyl sites for hydroxylation is 1. The van der Waals surface area contributed by atoms with Crippen LogP contribution in [0.2, 0.25) is 0 Å². The highest BCUT2D eigenvalue weighted by Gasteiger charge is 2.38. The van der Waals surface area contributed by atoms with Crippen LogP contribution in [0.3, 0.4) is 0 Å². The summed E-state index contributed by atoms with van der Waals surface area (Å²) >= 11 is 0. The largest absolute Gasteiger partial charge is 0.373 e. The Kier molecular flexibility index (Phi) is 4.38. The highest BCUT2D eigenvalue weighted by atomic mass is 16.5. The number of nitrogens with two attached hydrogens (primary N) is 1. The first-order valence-corrected chi connectivity index (χ1v) is 6.88. The molecule has 2 unspecified atom stereocenters. The Bertz CT molecular complexity index is 386. The summed E-state index contributed by atoms with van der Waals surface area (Å²) in [6.45, 7) is 5.19. The van der Waals surface area contributed by atoms with Crippen molar-refractivity contribution in [3.8, 4) is 0 Å². The fraction of sp³-hybridized carbons (Fsp3) is 0.600. The van der Waals surface area contributed by atoms with Crippen LogP contribution < -0.4 is 11.3 Å². The van der Waals surface area contributed by atoms with Gasteiger partial charge in [-0.3, -0.25) is 11.3 Å². The van der Waals surface area contributed by atoms with Gasteiger partial charge in [0.25, 0.3) is 0 Å². The van der Waals surface area contributed by atoms with E-state index in [2.05, 4.69) is 43.5 Å². The van der Waals surface area contributed by atoms with E-state index in [1.54, 1.807) is 0 Å². The predicted molar refractivity (Wildman–Crippen MR) is 74.1 cm³/mol. The second-order valence-corrected chi connectivity index (χ2v) is 5.36. The van der Waals surface area contributed by atoms with E-state index in [4.69, 9.17) is 10.6 Å². The number of benzene rings is 1. The van der Waals surface area contributed by atoms with Crippen molar-refractivity contribution >= 4 is 0 Å². The second-order valence-electron chi connectivity index (χ2n) is 5.36. The molecule has 3 heteroatoms. The molecular weight excluding hydrogens is 224 g/mol. The Morgan fingerprint density at radius 2 is 2.33 bits per heavy atom. The number of nitrogens with one attached hydrogen (secondary N) is 1. The van der Waals surface area contributed by atoms with Crippen molar-refractivity contribution in [2.45, 2.75) is 51.2 Å². The molecule has 1 fully saturated rings. The zero-order valence-corrected chi connectivity index (χ0v) is 11.4. The SMILES string of the molecule is CCCc1cccc(C(NN)C2(C)CCCO2)c1. The molecule has 0 aliphatic carbocycles. The van der Waals surface area contributed by atoms with Crippen LogP contribution in [0, 0.1) is 0 Å². The first-order chi connectivity index (χ1) is 8.69. The third kappa shape index (κ3) is 2.74. The highest BCUT2D eigenvalue weighted by molar-refractivity contribution is 5.28. The predicted octanol–water partition coefficient (Wildman–Crippen LogP) is 2.71. The van der Waals surface area contributed by atoms with Gasteiger partial charge in [0, 0.05) is 6.61 Å². The highest BCUT2D eigenvalue weighted by Crippen LogP contribution is 2.37. The molecule has 0 radical (unpaired) electrons. The van der Waals surface area contributed by atoms with Gasteiger partial charge >= 0.3 is 0 Å². The van der Waals surface area contributed by atoms with Gasteiger partial charge in [-0.1, -0.05) is 37.6 Å². The maximum atomic E-state index is 5.91. The Labute approximate surface area is 110 Å². The molecule has 0 saturated carbocycles. The molecule has 3 nitrogen and oxygen atoms in total. The van der Waals surface area contributed by atoms with Crippen LogP contribution in [0.25, 0.3) is 0 Å². The molecule has 1 aromatic rings. The van der Waals surface area contributed by atoms with Crippen molar-refractivity contribution in [1.29, 1.82) is 0 Å². The minimum Gasteiger partial charge on any atom is -0.373 e. The first-order valence-electron chi connectivity index (χ1n) is 6.88. The molecule has 2 atom stereocenters. The van der Waals surface area contributed by atoms with E-state index in [0.29, 0.717) is 0 Å². The van der Waals surface area contributed by atoms with Gasteiger partial charge < -0.3 is 4.74 Å². The molecule has 18 heavy (non-hydrogen) atoms.